The van der Waals surface area contributed by atoms with Gasteiger partial charge in [0, 0.05) is 24.7 Å². The number of aliphatic hydroxyl groups is 1. The van der Waals surface area contributed by atoms with Crippen LogP contribution in [0.3, 0.4) is 0 Å². The van der Waals surface area contributed by atoms with Gasteiger partial charge in [-0.15, -0.1) is 0 Å². The van der Waals surface area contributed by atoms with Gasteiger partial charge in [0.25, 0.3) is 5.69 Å². The number of rotatable bonds is 6. The van der Waals surface area contributed by atoms with E-state index in [0.29, 0.717) is 24.3 Å². The number of nitro groups is 1. The van der Waals surface area contributed by atoms with Gasteiger partial charge in [-0.05, 0) is 25.5 Å². The molecule has 0 saturated heterocycles. The van der Waals surface area contributed by atoms with Gasteiger partial charge in [-0.3, -0.25) is 10.1 Å². The molecule has 3 atom stereocenters. The van der Waals surface area contributed by atoms with Gasteiger partial charge in [-0.1, -0.05) is 6.92 Å². The number of hydrogen-bond donors (Lipinski definition) is 1. The highest BCUT2D eigenvalue weighted by atomic mass is 16.6. The summed E-state index contributed by atoms with van der Waals surface area (Å²) in [5, 5.41) is 20.4. The lowest BCUT2D eigenvalue weighted by atomic mass is 9.88. The van der Waals surface area contributed by atoms with E-state index in [1.807, 2.05) is 6.92 Å². The van der Waals surface area contributed by atoms with E-state index in [0.717, 1.165) is 6.42 Å². The second kappa shape index (κ2) is 6.19. The lowest BCUT2D eigenvalue weighted by Gasteiger charge is -2.40. The number of hydrogen-bond acceptors (Lipinski definition) is 5. The number of nitro benzene ring substituents is 1. The molecule has 1 aromatic carbocycles. The topological polar surface area (TPSA) is 81.8 Å². The summed E-state index contributed by atoms with van der Waals surface area (Å²) in [7, 11) is 0. The molecule has 0 spiro atoms. The van der Waals surface area contributed by atoms with E-state index in [2.05, 4.69) is 0 Å². The maximum absolute atomic E-state index is 10.7. The third kappa shape index (κ3) is 3.08. The van der Waals surface area contributed by atoms with E-state index in [1.165, 1.54) is 6.07 Å². The molecule has 6 heteroatoms. The van der Waals surface area contributed by atoms with Gasteiger partial charge < -0.3 is 14.6 Å². The average Bonchev–Trinajstić information content (AvgIpc) is 2.38. The highest BCUT2D eigenvalue weighted by Crippen LogP contribution is 2.31. The molecule has 0 aromatic heterocycles. The summed E-state index contributed by atoms with van der Waals surface area (Å²) in [6.45, 7) is 4.26. The number of benzene rings is 1. The van der Waals surface area contributed by atoms with Gasteiger partial charge >= 0.3 is 0 Å². The first-order valence-electron chi connectivity index (χ1n) is 6.74. The van der Waals surface area contributed by atoms with Crippen molar-refractivity contribution >= 4 is 5.69 Å². The van der Waals surface area contributed by atoms with Crippen molar-refractivity contribution in [3.63, 3.8) is 0 Å². The van der Waals surface area contributed by atoms with Gasteiger partial charge in [0.05, 0.1) is 11.0 Å². The van der Waals surface area contributed by atoms with Crippen LogP contribution in [-0.4, -0.2) is 34.9 Å². The first-order valence-corrected chi connectivity index (χ1v) is 6.74. The van der Waals surface area contributed by atoms with E-state index >= 15 is 0 Å². The molecule has 2 rings (SSSR count). The first-order chi connectivity index (χ1) is 9.52. The van der Waals surface area contributed by atoms with E-state index in [4.69, 9.17) is 9.47 Å². The Balaban J connectivity index is 2.00. The second-order valence-electron chi connectivity index (χ2n) is 5.00. The summed E-state index contributed by atoms with van der Waals surface area (Å²) < 4.78 is 11.3. The van der Waals surface area contributed by atoms with E-state index in [9.17, 15) is 15.2 Å². The van der Waals surface area contributed by atoms with Gasteiger partial charge in [-0.25, -0.2) is 0 Å². The molecule has 0 amide bonds. The quantitative estimate of drug-likeness (QED) is 0.638. The molecule has 3 unspecified atom stereocenters. The minimum absolute atomic E-state index is 0.0739. The fourth-order valence-corrected chi connectivity index (χ4v) is 2.23. The highest BCUT2D eigenvalue weighted by Gasteiger charge is 2.42. The highest BCUT2D eigenvalue weighted by molar-refractivity contribution is 5.44. The Bertz CT molecular complexity index is 490. The Labute approximate surface area is 117 Å². The van der Waals surface area contributed by atoms with Crippen LogP contribution in [-0.2, 0) is 4.74 Å². The molecule has 0 heterocycles. The molecular formula is C14H19NO5. The van der Waals surface area contributed by atoms with Crippen LogP contribution in [0.4, 0.5) is 5.69 Å². The van der Waals surface area contributed by atoms with E-state index < -0.39 is 11.0 Å². The molecule has 0 bridgehead atoms. The minimum Gasteiger partial charge on any atom is -0.487 e. The van der Waals surface area contributed by atoms with Gasteiger partial charge in [0.1, 0.15) is 18.0 Å². The van der Waals surface area contributed by atoms with Crippen molar-refractivity contribution in [3.05, 3.63) is 33.9 Å². The average molecular weight is 281 g/mol. The first kappa shape index (κ1) is 14.7. The van der Waals surface area contributed by atoms with Crippen LogP contribution >= 0.6 is 0 Å². The lowest BCUT2D eigenvalue weighted by molar-refractivity contribution is -0.385. The largest absolute Gasteiger partial charge is 0.487 e. The molecule has 20 heavy (non-hydrogen) atoms. The maximum atomic E-state index is 10.7. The summed E-state index contributed by atoms with van der Waals surface area (Å²) in [6, 6.07) is 4.65. The Morgan fingerprint density at radius 1 is 1.50 bits per heavy atom. The number of aliphatic hydroxyl groups excluding tert-OH is 1. The Morgan fingerprint density at radius 2 is 2.25 bits per heavy atom. The fraction of sp³-hybridized carbons (Fsp3) is 0.571. The zero-order valence-corrected chi connectivity index (χ0v) is 11.6. The summed E-state index contributed by atoms with van der Waals surface area (Å²) in [5.41, 5.74) is 0.628. The predicted molar refractivity (Wildman–Crippen MR) is 72.9 cm³/mol. The third-order valence-corrected chi connectivity index (χ3v) is 3.39. The van der Waals surface area contributed by atoms with Crippen LogP contribution in [0, 0.1) is 17.0 Å². The predicted octanol–water partition coefficient (Wildman–Crippen LogP) is 2.21. The van der Waals surface area contributed by atoms with Crippen molar-refractivity contribution in [1.82, 2.24) is 0 Å². The van der Waals surface area contributed by atoms with Crippen LogP contribution in [0.1, 0.15) is 25.3 Å². The monoisotopic (exact) mass is 281 g/mol. The Morgan fingerprint density at radius 3 is 2.80 bits per heavy atom. The summed E-state index contributed by atoms with van der Waals surface area (Å²) in [4.78, 5) is 10.3. The van der Waals surface area contributed by atoms with Crippen molar-refractivity contribution in [1.29, 1.82) is 0 Å². The van der Waals surface area contributed by atoms with Gasteiger partial charge in [0.15, 0.2) is 0 Å². The molecule has 1 aliphatic carbocycles. The zero-order chi connectivity index (χ0) is 14.7. The van der Waals surface area contributed by atoms with Crippen molar-refractivity contribution in [2.45, 2.75) is 45.0 Å². The van der Waals surface area contributed by atoms with Gasteiger partial charge in [0.2, 0.25) is 0 Å². The molecule has 1 aromatic rings. The summed E-state index contributed by atoms with van der Waals surface area (Å²) in [6.07, 6.45) is 0.394. The molecule has 1 fully saturated rings. The van der Waals surface area contributed by atoms with Crippen molar-refractivity contribution in [2.75, 3.05) is 6.61 Å². The van der Waals surface area contributed by atoms with Crippen LogP contribution in [0.2, 0.25) is 0 Å². The molecule has 110 valence electrons. The number of aryl methyl sites for hydroxylation is 1. The van der Waals surface area contributed by atoms with Crippen molar-refractivity contribution in [3.8, 4) is 5.75 Å². The van der Waals surface area contributed by atoms with Crippen LogP contribution in [0.5, 0.6) is 5.75 Å². The minimum atomic E-state index is -0.495. The molecule has 1 N–H and O–H groups in total. The van der Waals surface area contributed by atoms with Gasteiger partial charge in [-0.2, -0.15) is 0 Å². The number of nitrogens with zero attached hydrogens (tertiary/aromatic N) is 1. The normalized spacial score (nSPS) is 25.1. The Hall–Kier alpha value is -1.66. The van der Waals surface area contributed by atoms with Crippen LogP contribution in [0.25, 0.3) is 0 Å². The maximum Gasteiger partial charge on any atom is 0.272 e. The summed E-state index contributed by atoms with van der Waals surface area (Å²) >= 11 is 0. The lowest BCUT2D eigenvalue weighted by Crippen LogP contribution is -2.55. The standard InChI is InChI=1S/C14H19NO5/c1-3-6-19-14-12(16)8-13(14)20-10-4-5-11(15(17)18)9(2)7-10/h4-5,7,12-14,16H,3,6,8H2,1-2H3. The third-order valence-electron chi connectivity index (χ3n) is 3.39. The second-order valence-corrected chi connectivity index (χ2v) is 5.00. The molecule has 0 aliphatic heterocycles. The SMILES string of the molecule is CCCOC1C(O)CC1Oc1ccc([N+](=O)[O-])c(C)c1. The molecule has 1 saturated carbocycles. The number of ether oxygens (including phenoxy) is 2. The molecule has 1 aliphatic rings. The zero-order valence-electron chi connectivity index (χ0n) is 11.6. The Kier molecular flexibility index (Phi) is 4.57. The molecular weight excluding hydrogens is 262 g/mol. The summed E-state index contributed by atoms with van der Waals surface area (Å²) in [5.74, 6) is 0.565. The van der Waals surface area contributed by atoms with Crippen molar-refractivity contribution in [2.24, 2.45) is 0 Å². The molecule has 0 radical (unpaired) electrons. The van der Waals surface area contributed by atoms with Crippen molar-refractivity contribution < 1.29 is 19.5 Å². The smallest absolute Gasteiger partial charge is 0.272 e. The van der Waals surface area contributed by atoms with E-state index in [1.54, 1.807) is 19.1 Å². The fourth-order valence-electron chi connectivity index (χ4n) is 2.23. The molecule has 6 nitrogen and oxygen atoms in total. The van der Waals surface area contributed by atoms with Crippen LogP contribution in [0.15, 0.2) is 18.2 Å². The van der Waals surface area contributed by atoms with E-state index in [-0.39, 0.29) is 17.9 Å². The van der Waals surface area contributed by atoms with Crippen LogP contribution < -0.4 is 4.74 Å².